The summed E-state index contributed by atoms with van der Waals surface area (Å²) in [4.78, 5) is 5.54. The number of hydrogen-bond donors (Lipinski definition) is 0. The normalized spacial score (nSPS) is 25.4. The number of piperidine rings is 1. The third-order valence-corrected chi connectivity index (χ3v) is 6.76. The largest absolute Gasteiger partial charge is 0.366 e. The van der Waals surface area contributed by atoms with Crippen molar-refractivity contribution >= 4 is 18.1 Å². The minimum absolute atomic E-state index is 0. The number of benzene rings is 1. The molecule has 2 heterocycles. The molecule has 2 nitrogen and oxygen atoms in total. The summed E-state index contributed by atoms with van der Waals surface area (Å²) in [5.74, 6) is 0. The highest BCUT2D eigenvalue weighted by atomic mass is 35.5. The minimum Gasteiger partial charge on any atom is -0.366 e. The van der Waals surface area contributed by atoms with Crippen molar-refractivity contribution in [2.75, 3.05) is 24.5 Å². The van der Waals surface area contributed by atoms with Gasteiger partial charge in [-0.3, -0.25) is 0 Å². The molecule has 1 aliphatic carbocycles. The highest BCUT2D eigenvalue weighted by molar-refractivity contribution is 5.85. The van der Waals surface area contributed by atoms with E-state index in [0.29, 0.717) is 5.54 Å². The van der Waals surface area contributed by atoms with Crippen LogP contribution in [0.5, 0.6) is 0 Å². The van der Waals surface area contributed by atoms with Crippen LogP contribution in [0, 0.1) is 0 Å². The average Bonchev–Trinajstić information content (AvgIpc) is 2.55. The lowest BCUT2D eigenvalue weighted by molar-refractivity contribution is 0.0740. The van der Waals surface area contributed by atoms with E-state index in [9.17, 15) is 0 Å². The van der Waals surface area contributed by atoms with Crippen LogP contribution in [0.2, 0.25) is 0 Å². The third-order valence-electron chi connectivity index (χ3n) is 6.76. The van der Waals surface area contributed by atoms with E-state index >= 15 is 0 Å². The summed E-state index contributed by atoms with van der Waals surface area (Å²) in [7, 11) is 0. The van der Waals surface area contributed by atoms with Crippen LogP contribution in [0.4, 0.5) is 5.69 Å². The standard InChI is InChI=1S/C21H32N2.ClH/c1-2-5-9-19(10-6-3-1)22-16-13-21(14-17-22)15-18-23(21)20-11-7-4-8-12-20;/h4,7-8,11-12,19H,1-3,5-6,9-10,13-18H2;1H. The van der Waals surface area contributed by atoms with E-state index < -0.39 is 0 Å². The number of likely N-dealkylation sites (tertiary alicyclic amines) is 1. The van der Waals surface area contributed by atoms with Gasteiger partial charge in [-0.1, -0.05) is 50.3 Å². The molecule has 3 fully saturated rings. The number of anilines is 1. The maximum atomic E-state index is 2.85. The molecule has 134 valence electrons. The Bertz CT molecular complexity index is 488. The smallest absolute Gasteiger partial charge is 0.0443 e. The van der Waals surface area contributed by atoms with Gasteiger partial charge in [0.2, 0.25) is 0 Å². The lowest BCUT2D eigenvalue weighted by atomic mass is 9.75. The first-order valence-corrected chi connectivity index (χ1v) is 9.94. The number of nitrogens with zero attached hydrogens (tertiary/aromatic N) is 2. The summed E-state index contributed by atoms with van der Waals surface area (Å²) in [5, 5.41) is 0. The molecule has 0 atom stereocenters. The van der Waals surface area contributed by atoms with Crippen molar-refractivity contribution in [1.29, 1.82) is 0 Å². The van der Waals surface area contributed by atoms with E-state index in [1.807, 2.05) is 0 Å². The molecule has 24 heavy (non-hydrogen) atoms. The van der Waals surface area contributed by atoms with Gasteiger partial charge in [-0.05, 0) is 44.2 Å². The molecule has 1 spiro atoms. The molecular weight excluding hydrogens is 316 g/mol. The fourth-order valence-electron chi connectivity index (χ4n) is 5.18. The zero-order chi connectivity index (χ0) is 15.5. The van der Waals surface area contributed by atoms with Gasteiger partial charge >= 0.3 is 0 Å². The molecular formula is C21H33ClN2. The second-order valence-electron chi connectivity index (χ2n) is 8.00. The van der Waals surface area contributed by atoms with Gasteiger partial charge < -0.3 is 9.80 Å². The quantitative estimate of drug-likeness (QED) is 0.718. The Morgan fingerprint density at radius 3 is 1.92 bits per heavy atom. The Balaban J connectivity index is 0.00000169. The monoisotopic (exact) mass is 348 g/mol. The molecule has 3 aliphatic rings. The molecule has 1 aromatic rings. The lowest BCUT2D eigenvalue weighted by Crippen LogP contribution is -2.65. The summed E-state index contributed by atoms with van der Waals surface area (Å²) >= 11 is 0. The van der Waals surface area contributed by atoms with E-state index in [-0.39, 0.29) is 12.4 Å². The molecule has 0 amide bonds. The predicted octanol–water partition coefficient (Wildman–Crippen LogP) is 5.27. The maximum Gasteiger partial charge on any atom is 0.0443 e. The summed E-state index contributed by atoms with van der Waals surface area (Å²) in [6.07, 6.45) is 14.4. The molecule has 0 N–H and O–H groups in total. The molecule has 0 radical (unpaired) electrons. The first-order valence-electron chi connectivity index (χ1n) is 9.94. The van der Waals surface area contributed by atoms with Crippen LogP contribution in [0.15, 0.2) is 30.3 Å². The zero-order valence-corrected chi connectivity index (χ0v) is 15.8. The van der Waals surface area contributed by atoms with Crippen molar-refractivity contribution in [3.63, 3.8) is 0 Å². The molecule has 1 saturated carbocycles. The van der Waals surface area contributed by atoms with Gasteiger partial charge in [0.05, 0.1) is 0 Å². The SMILES string of the molecule is Cl.c1ccc(N2CCC23CCN(C2CCCCCCC2)CC3)cc1. The van der Waals surface area contributed by atoms with Crippen LogP contribution in [0.25, 0.3) is 0 Å². The highest BCUT2D eigenvalue weighted by Gasteiger charge is 2.46. The van der Waals surface area contributed by atoms with Gasteiger partial charge in [-0.15, -0.1) is 12.4 Å². The van der Waals surface area contributed by atoms with Gasteiger partial charge in [-0.25, -0.2) is 0 Å². The van der Waals surface area contributed by atoms with Crippen molar-refractivity contribution in [1.82, 2.24) is 4.90 Å². The van der Waals surface area contributed by atoms with Crippen molar-refractivity contribution in [2.24, 2.45) is 0 Å². The number of para-hydroxylation sites is 1. The Morgan fingerprint density at radius 2 is 1.33 bits per heavy atom. The zero-order valence-electron chi connectivity index (χ0n) is 15.0. The van der Waals surface area contributed by atoms with Crippen LogP contribution in [-0.4, -0.2) is 36.1 Å². The molecule has 0 bridgehead atoms. The van der Waals surface area contributed by atoms with Crippen molar-refractivity contribution in [3.8, 4) is 0 Å². The molecule has 0 aromatic heterocycles. The molecule has 1 aromatic carbocycles. The fourth-order valence-corrected chi connectivity index (χ4v) is 5.18. The number of halogens is 1. The van der Waals surface area contributed by atoms with E-state index in [2.05, 4.69) is 40.1 Å². The topological polar surface area (TPSA) is 6.48 Å². The van der Waals surface area contributed by atoms with Crippen LogP contribution >= 0.6 is 12.4 Å². The minimum atomic E-state index is 0. The van der Waals surface area contributed by atoms with Crippen LogP contribution < -0.4 is 4.90 Å². The van der Waals surface area contributed by atoms with Crippen LogP contribution in [0.1, 0.15) is 64.2 Å². The van der Waals surface area contributed by atoms with Crippen molar-refractivity contribution < 1.29 is 0 Å². The molecule has 4 rings (SSSR count). The summed E-state index contributed by atoms with van der Waals surface area (Å²) in [6.45, 7) is 3.91. The molecule has 0 unspecified atom stereocenters. The van der Waals surface area contributed by atoms with Crippen molar-refractivity contribution in [2.45, 2.75) is 75.8 Å². The summed E-state index contributed by atoms with van der Waals surface area (Å²) in [5.41, 5.74) is 1.93. The van der Waals surface area contributed by atoms with Crippen LogP contribution in [-0.2, 0) is 0 Å². The Morgan fingerprint density at radius 1 is 0.750 bits per heavy atom. The van der Waals surface area contributed by atoms with E-state index in [4.69, 9.17) is 0 Å². The first kappa shape index (κ1) is 18.1. The molecule has 2 aliphatic heterocycles. The van der Waals surface area contributed by atoms with Crippen molar-refractivity contribution in [3.05, 3.63) is 30.3 Å². The Labute approximate surface area is 154 Å². The number of hydrogen-bond acceptors (Lipinski definition) is 2. The summed E-state index contributed by atoms with van der Waals surface area (Å²) < 4.78 is 0. The lowest BCUT2D eigenvalue weighted by Gasteiger charge is -2.58. The summed E-state index contributed by atoms with van der Waals surface area (Å²) in [6, 6.07) is 12.0. The van der Waals surface area contributed by atoms with E-state index in [0.717, 1.165) is 6.04 Å². The second-order valence-corrected chi connectivity index (χ2v) is 8.00. The highest BCUT2D eigenvalue weighted by Crippen LogP contribution is 2.43. The Hall–Kier alpha value is -0.730. The first-order chi connectivity index (χ1) is 11.4. The predicted molar refractivity (Wildman–Crippen MR) is 105 cm³/mol. The second kappa shape index (κ2) is 8.10. The Kier molecular flexibility index (Phi) is 6.10. The fraction of sp³-hybridized carbons (Fsp3) is 0.714. The van der Waals surface area contributed by atoms with Gasteiger partial charge in [0.15, 0.2) is 0 Å². The van der Waals surface area contributed by atoms with Gasteiger partial charge in [-0.2, -0.15) is 0 Å². The van der Waals surface area contributed by atoms with E-state index in [1.54, 1.807) is 0 Å². The molecule has 2 saturated heterocycles. The van der Waals surface area contributed by atoms with Gasteiger partial charge in [0.1, 0.15) is 0 Å². The number of rotatable bonds is 2. The third kappa shape index (κ3) is 3.60. The van der Waals surface area contributed by atoms with Gasteiger partial charge in [0, 0.05) is 36.9 Å². The maximum absolute atomic E-state index is 2.85. The van der Waals surface area contributed by atoms with Gasteiger partial charge in [0.25, 0.3) is 0 Å². The van der Waals surface area contributed by atoms with Crippen LogP contribution in [0.3, 0.4) is 0 Å². The van der Waals surface area contributed by atoms with E-state index in [1.165, 1.54) is 89.5 Å². The average molecular weight is 349 g/mol. The molecule has 3 heteroatoms.